The summed E-state index contributed by atoms with van der Waals surface area (Å²) in [6.07, 6.45) is 0.923. The maximum Gasteiger partial charge on any atom is 0.258 e. The van der Waals surface area contributed by atoms with Crippen LogP contribution < -0.4 is 14.8 Å². The van der Waals surface area contributed by atoms with Crippen LogP contribution in [0, 0.1) is 5.82 Å². The molecule has 2 heterocycles. The number of halogens is 3. The van der Waals surface area contributed by atoms with Crippen molar-refractivity contribution in [1.29, 1.82) is 0 Å². The first-order valence-corrected chi connectivity index (χ1v) is 6.52. The van der Waals surface area contributed by atoms with Crippen molar-refractivity contribution < 1.29 is 18.7 Å². The molecule has 0 atom stereocenters. The van der Waals surface area contributed by atoms with Crippen molar-refractivity contribution in [2.45, 2.75) is 0 Å². The molecule has 2 aromatic rings. The van der Waals surface area contributed by atoms with E-state index in [-0.39, 0.29) is 22.5 Å². The number of nitrogens with one attached hydrogen (secondary N) is 1. The van der Waals surface area contributed by atoms with Crippen LogP contribution in [-0.2, 0) is 0 Å². The number of amides is 1. The Morgan fingerprint density at radius 3 is 2.71 bits per heavy atom. The maximum atomic E-state index is 13.1. The first-order chi connectivity index (χ1) is 10.0. The second-order valence-electron chi connectivity index (χ2n) is 4.13. The molecular weight excluding hydrogens is 322 g/mol. The molecule has 1 aromatic carbocycles. The average molecular weight is 329 g/mol. The van der Waals surface area contributed by atoms with Crippen molar-refractivity contribution in [3.05, 3.63) is 46.0 Å². The Balaban J connectivity index is 1.90. The lowest BCUT2D eigenvalue weighted by Gasteiger charge is -2.09. The van der Waals surface area contributed by atoms with Crippen LogP contribution in [0.1, 0.15) is 10.4 Å². The van der Waals surface area contributed by atoms with Crippen LogP contribution >= 0.6 is 23.2 Å². The molecule has 0 spiro atoms. The van der Waals surface area contributed by atoms with E-state index in [9.17, 15) is 9.18 Å². The van der Waals surface area contributed by atoms with Crippen molar-refractivity contribution in [3.63, 3.8) is 0 Å². The van der Waals surface area contributed by atoms with Gasteiger partial charge in [-0.3, -0.25) is 4.79 Å². The lowest BCUT2D eigenvalue weighted by molar-refractivity contribution is 0.102. The van der Waals surface area contributed by atoms with Crippen molar-refractivity contribution in [2.75, 3.05) is 12.1 Å². The van der Waals surface area contributed by atoms with Gasteiger partial charge in [0.2, 0.25) is 6.79 Å². The van der Waals surface area contributed by atoms with Gasteiger partial charge in [0, 0.05) is 12.1 Å². The summed E-state index contributed by atoms with van der Waals surface area (Å²) in [4.78, 5) is 15.7. The lowest BCUT2D eigenvalue weighted by atomic mass is 10.2. The van der Waals surface area contributed by atoms with Crippen molar-refractivity contribution >= 4 is 34.8 Å². The number of carbonyl (C=O) groups is 1. The summed E-state index contributed by atoms with van der Waals surface area (Å²) in [5.74, 6) is -0.351. The standard InChI is InChI=1S/C13H7Cl2FN2O3/c14-8-2-10-11(21-5-20-10)3-9(8)18-13(19)7-1-6(16)4-17-12(7)15/h1-4H,5H2,(H,18,19). The Kier molecular flexibility index (Phi) is 3.57. The van der Waals surface area contributed by atoms with E-state index in [4.69, 9.17) is 32.7 Å². The van der Waals surface area contributed by atoms with Gasteiger partial charge in [-0.2, -0.15) is 0 Å². The van der Waals surface area contributed by atoms with Gasteiger partial charge in [-0.1, -0.05) is 23.2 Å². The number of fused-ring (bicyclic) bond motifs is 1. The molecule has 3 rings (SSSR count). The molecule has 0 saturated heterocycles. The number of carbonyl (C=O) groups excluding carboxylic acids is 1. The first kappa shape index (κ1) is 13.9. The molecule has 0 radical (unpaired) electrons. The first-order valence-electron chi connectivity index (χ1n) is 5.76. The van der Waals surface area contributed by atoms with Crippen molar-refractivity contribution in [1.82, 2.24) is 4.98 Å². The smallest absolute Gasteiger partial charge is 0.258 e. The number of anilines is 1. The molecule has 1 aliphatic rings. The minimum Gasteiger partial charge on any atom is -0.454 e. The van der Waals surface area contributed by atoms with Crippen LogP contribution in [0.4, 0.5) is 10.1 Å². The number of rotatable bonds is 2. The quantitative estimate of drug-likeness (QED) is 0.857. The molecule has 0 bridgehead atoms. The molecule has 108 valence electrons. The lowest BCUT2D eigenvalue weighted by Crippen LogP contribution is -2.13. The number of aromatic nitrogens is 1. The molecule has 8 heteroatoms. The molecule has 0 unspecified atom stereocenters. The second kappa shape index (κ2) is 5.38. The Morgan fingerprint density at radius 2 is 1.95 bits per heavy atom. The van der Waals surface area contributed by atoms with Gasteiger partial charge in [-0.25, -0.2) is 9.37 Å². The third kappa shape index (κ3) is 2.72. The topological polar surface area (TPSA) is 60.5 Å². The molecule has 0 fully saturated rings. The molecule has 21 heavy (non-hydrogen) atoms. The average Bonchev–Trinajstić information content (AvgIpc) is 2.88. The van der Waals surface area contributed by atoms with Gasteiger partial charge in [0.1, 0.15) is 11.0 Å². The van der Waals surface area contributed by atoms with Crippen LogP contribution in [0.15, 0.2) is 24.4 Å². The van der Waals surface area contributed by atoms with E-state index < -0.39 is 11.7 Å². The van der Waals surface area contributed by atoms with Gasteiger partial charge in [-0.15, -0.1) is 0 Å². The highest BCUT2D eigenvalue weighted by Gasteiger charge is 2.19. The minimum atomic E-state index is -0.665. The zero-order valence-corrected chi connectivity index (χ0v) is 11.8. The van der Waals surface area contributed by atoms with Crippen LogP contribution in [0.3, 0.4) is 0 Å². The van der Waals surface area contributed by atoms with E-state index in [2.05, 4.69) is 10.3 Å². The third-order valence-corrected chi connectivity index (χ3v) is 3.37. The van der Waals surface area contributed by atoms with E-state index >= 15 is 0 Å². The van der Waals surface area contributed by atoms with E-state index in [1.54, 1.807) is 0 Å². The van der Waals surface area contributed by atoms with Crippen LogP contribution in [-0.4, -0.2) is 17.7 Å². The normalized spacial score (nSPS) is 12.3. The van der Waals surface area contributed by atoms with Gasteiger partial charge in [-0.05, 0) is 6.07 Å². The summed E-state index contributed by atoms with van der Waals surface area (Å²) in [6, 6.07) is 4.03. The van der Waals surface area contributed by atoms with Crippen molar-refractivity contribution in [3.8, 4) is 11.5 Å². The van der Waals surface area contributed by atoms with E-state index in [0.717, 1.165) is 12.3 Å². The zero-order chi connectivity index (χ0) is 15.0. The maximum absolute atomic E-state index is 13.1. The van der Waals surface area contributed by atoms with Gasteiger partial charge in [0.25, 0.3) is 5.91 Å². The monoisotopic (exact) mass is 328 g/mol. The zero-order valence-electron chi connectivity index (χ0n) is 10.3. The predicted molar refractivity (Wildman–Crippen MR) is 74.7 cm³/mol. The Labute approximate surface area is 128 Å². The van der Waals surface area contributed by atoms with Crippen molar-refractivity contribution in [2.24, 2.45) is 0 Å². The number of hydrogen-bond donors (Lipinski definition) is 1. The fourth-order valence-electron chi connectivity index (χ4n) is 1.78. The molecule has 1 amide bonds. The molecule has 1 aliphatic heterocycles. The summed E-state index contributed by atoms with van der Waals surface area (Å²) in [5, 5.41) is 2.68. The van der Waals surface area contributed by atoms with E-state index in [1.165, 1.54) is 12.1 Å². The van der Waals surface area contributed by atoms with Crippen LogP contribution in [0.5, 0.6) is 11.5 Å². The largest absolute Gasteiger partial charge is 0.454 e. The summed E-state index contributed by atoms with van der Waals surface area (Å²) in [6.45, 7) is 0.0860. The predicted octanol–water partition coefficient (Wildman–Crippen LogP) is 3.51. The molecule has 0 saturated carbocycles. The van der Waals surface area contributed by atoms with E-state index in [1.807, 2.05) is 0 Å². The SMILES string of the molecule is O=C(Nc1cc2c(cc1Cl)OCO2)c1cc(F)cnc1Cl. The van der Waals surface area contributed by atoms with Gasteiger partial charge < -0.3 is 14.8 Å². The van der Waals surface area contributed by atoms with Gasteiger partial charge in [0.05, 0.1) is 22.5 Å². The number of ether oxygens (including phenoxy) is 2. The number of benzene rings is 1. The van der Waals surface area contributed by atoms with Gasteiger partial charge in [0.15, 0.2) is 11.5 Å². The number of pyridine rings is 1. The third-order valence-electron chi connectivity index (χ3n) is 2.76. The molecule has 1 N–H and O–H groups in total. The second-order valence-corrected chi connectivity index (χ2v) is 4.90. The summed E-state index contributed by atoms with van der Waals surface area (Å²) < 4.78 is 23.5. The highest BCUT2D eigenvalue weighted by atomic mass is 35.5. The highest BCUT2D eigenvalue weighted by molar-refractivity contribution is 6.35. The van der Waals surface area contributed by atoms with E-state index in [0.29, 0.717) is 17.2 Å². The molecule has 5 nitrogen and oxygen atoms in total. The summed E-state index contributed by atoms with van der Waals surface area (Å²) >= 11 is 11.8. The number of nitrogens with zero attached hydrogens (tertiary/aromatic N) is 1. The molecule has 0 aliphatic carbocycles. The Hall–Kier alpha value is -2.05. The number of hydrogen-bond acceptors (Lipinski definition) is 4. The van der Waals surface area contributed by atoms with Crippen LogP contribution in [0.2, 0.25) is 10.2 Å². The Bertz CT molecular complexity index is 740. The fourth-order valence-corrected chi connectivity index (χ4v) is 2.17. The minimum absolute atomic E-state index is 0.0860. The van der Waals surface area contributed by atoms with Gasteiger partial charge >= 0.3 is 0 Å². The fraction of sp³-hybridized carbons (Fsp3) is 0.0769. The summed E-state index contributed by atoms with van der Waals surface area (Å²) in [5.41, 5.74) is 0.205. The Morgan fingerprint density at radius 1 is 1.24 bits per heavy atom. The molecule has 1 aromatic heterocycles. The van der Waals surface area contributed by atoms with Crippen LogP contribution in [0.25, 0.3) is 0 Å². The molecular formula is C13H7Cl2FN2O3. The highest BCUT2D eigenvalue weighted by Crippen LogP contribution is 2.39. The summed E-state index contributed by atoms with van der Waals surface area (Å²) in [7, 11) is 0.